The Balaban J connectivity index is 2.07. The number of aromatic nitrogens is 1. The van der Waals surface area contributed by atoms with E-state index in [9.17, 15) is 0 Å². The molecule has 0 spiro atoms. The van der Waals surface area contributed by atoms with Crippen molar-refractivity contribution in [2.45, 2.75) is 19.3 Å². The first-order chi connectivity index (χ1) is 6.90. The molecule has 1 aliphatic heterocycles. The topological polar surface area (TPSA) is 16.1 Å². The molecule has 0 radical (unpaired) electrons. The Bertz CT molecular complexity index is 316. The van der Waals surface area contributed by atoms with Gasteiger partial charge in [0.15, 0.2) is 5.13 Å². The summed E-state index contributed by atoms with van der Waals surface area (Å²) in [6.45, 7) is 2.36. The van der Waals surface area contributed by atoms with E-state index in [1.807, 2.05) is 11.9 Å². The van der Waals surface area contributed by atoms with Crippen molar-refractivity contribution in [3.8, 4) is 0 Å². The zero-order chi connectivity index (χ0) is 9.80. The van der Waals surface area contributed by atoms with E-state index in [1.54, 1.807) is 11.3 Å². The molecular formula is C10H15N2PS. The fourth-order valence-corrected chi connectivity index (χ4v) is 2.73. The number of hydrogen-bond donors (Lipinski definition) is 0. The first-order valence-electron chi connectivity index (χ1n) is 4.99. The lowest BCUT2D eigenvalue weighted by Crippen LogP contribution is -2.29. The van der Waals surface area contributed by atoms with Crippen LogP contribution < -0.4 is 4.90 Å². The van der Waals surface area contributed by atoms with Crippen LogP contribution in [0.25, 0.3) is 6.08 Å². The molecule has 1 aliphatic rings. The lowest BCUT2D eigenvalue weighted by Gasteiger charge is -2.25. The Morgan fingerprint density at radius 3 is 2.86 bits per heavy atom. The van der Waals surface area contributed by atoms with Crippen LogP contribution in [0.15, 0.2) is 11.2 Å². The van der Waals surface area contributed by atoms with Gasteiger partial charge in [-0.25, -0.2) is 4.98 Å². The van der Waals surface area contributed by atoms with E-state index in [4.69, 9.17) is 0 Å². The van der Waals surface area contributed by atoms with Crippen molar-refractivity contribution in [2.75, 3.05) is 18.0 Å². The molecule has 0 aliphatic carbocycles. The standard InChI is InChI=1S/C10H15N2PS/c13-7-4-9-8-14-10(11-9)12-5-2-1-3-6-12/h4,7-8H,1-3,5-6,13H2. The van der Waals surface area contributed by atoms with Crippen LogP contribution in [0.1, 0.15) is 25.0 Å². The largest absolute Gasteiger partial charge is 0.348 e. The van der Waals surface area contributed by atoms with Crippen molar-refractivity contribution in [1.82, 2.24) is 4.98 Å². The summed E-state index contributed by atoms with van der Waals surface area (Å²) in [5.74, 6) is 1.95. The predicted octanol–water partition coefficient (Wildman–Crippen LogP) is 2.98. The molecule has 1 unspecified atom stereocenters. The monoisotopic (exact) mass is 226 g/mol. The maximum Gasteiger partial charge on any atom is 0.185 e. The third-order valence-electron chi connectivity index (χ3n) is 2.40. The molecule has 2 heterocycles. The van der Waals surface area contributed by atoms with Crippen LogP contribution in [0.4, 0.5) is 5.13 Å². The summed E-state index contributed by atoms with van der Waals surface area (Å²) in [4.78, 5) is 6.97. The molecule has 0 aromatic carbocycles. The molecule has 76 valence electrons. The minimum atomic E-state index is 1.07. The fourth-order valence-electron chi connectivity index (χ4n) is 1.68. The minimum absolute atomic E-state index is 1.07. The summed E-state index contributed by atoms with van der Waals surface area (Å²) < 4.78 is 0. The zero-order valence-corrected chi connectivity index (χ0v) is 10.1. The number of anilines is 1. The molecule has 14 heavy (non-hydrogen) atoms. The molecule has 4 heteroatoms. The minimum Gasteiger partial charge on any atom is -0.348 e. The van der Waals surface area contributed by atoms with Gasteiger partial charge in [-0.2, -0.15) is 0 Å². The van der Waals surface area contributed by atoms with E-state index in [1.165, 1.54) is 37.5 Å². The Morgan fingerprint density at radius 2 is 2.14 bits per heavy atom. The smallest absolute Gasteiger partial charge is 0.185 e. The van der Waals surface area contributed by atoms with Crippen LogP contribution in [0.3, 0.4) is 0 Å². The Kier molecular flexibility index (Phi) is 3.55. The molecule has 1 atom stereocenters. The second-order valence-electron chi connectivity index (χ2n) is 3.46. The summed E-state index contributed by atoms with van der Waals surface area (Å²) in [5.41, 5.74) is 1.07. The van der Waals surface area contributed by atoms with E-state index in [2.05, 4.69) is 24.5 Å². The van der Waals surface area contributed by atoms with Gasteiger partial charge in [-0.05, 0) is 25.3 Å². The van der Waals surface area contributed by atoms with Gasteiger partial charge in [0.1, 0.15) is 0 Å². The van der Waals surface area contributed by atoms with E-state index in [0.29, 0.717) is 0 Å². The molecular weight excluding hydrogens is 211 g/mol. The molecule has 1 fully saturated rings. The highest BCUT2D eigenvalue weighted by molar-refractivity contribution is 7.21. The van der Waals surface area contributed by atoms with Crippen LogP contribution >= 0.6 is 20.6 Å². The van der Waals surface area contributed by atoms with Gasteiger partial charge in [0.25, 0.3) is 0 Å². The lowest BCUT2D eigenvalue weighted by atomic mass is 10.1. The summed E-state index contributed by atoms with van der Waals surface area (Å²) in [5, 5.41) is 3.30. The van der Waals surface area contributed by atoms with Crippen molar-refractivity contribution in [1.29, 1.82) is 0 Å². The highest BCUT2D eigenvalue weighted by atomic mass is 32.1. The Hall–Kier alpha value is -0.400. The zero-order valence-electron chi connectivity index (χ0n) is 8.15. The SMILES string of the molecule is PC=Cc1csc(N2CCCCC2)n1. The lowest BCUT2D eigenvalue weighted by molar-refractivity contribution is 0.577. The summed E-state index contributed by atoms with van der Waals surface area (Å²) in [6, 6.07) is 0. The van der Waals surface area contributed by atoms with Gasteiger partial charge in [0.05, 0.1) is 5.69 Å². The average molecular weight is 226 g/mol. The van der Waals surface area contributed by atoms with Crippen LogP contribution in [0.2, 0.25) is 0 Å². The Labute approximate surface area is 91.2 Å². The quantitative estimate of drug-likeness (QED) is 0.721. The third-order valence-corrected chi connectivity index (χ3v) is 3.52. The molecule has 0 bridgehead atoms. The first-order valence-corrected chi connectivity index (χ1v) is 6.53. The maximum atomic E-state index is 4.57. The van der Waals surface area contributed by atoms with Gasteiger partial charge in [0.2, 0.25) is 0 Å². The maximum absolute atomic E-state index is 4.57. The molecule has 0 amide bonds. The van der Waals surface area contributed by atoms with Crippen molar-refractivity contribution in [3.05, 3.63) is 16.9 Å². The van der Waals surface area contributed by atoms with Crippen molar-refractivity contribution < 1.29 is 0 Å². The van der Waals surface area contributed by atoms with Crippen LogP contribution in [-0.2, 0) is 0 Å². The molecule has 0 N–H and O–H groups in total. The summed E-state index contributed by atoms with van der Waals surface area (Å²) in [6.07, 6.45) is 6.03. The molecule has 1 aromatic heterocycles. The third kappa shape index (κ3) is 2.34. The van der Waals surface area contributed by atoms with Crippen molar-refractivity contribution >= 4 is 31.8 Å². The van der Waals surface area contributed by atoms with Crippen LogP contribution in [0.5, 0.6) is 0 Å². The highest BCUT2D eigenvalue weighted by Crippen LogP contribution is 2.24. The van der Waals surface area contributed by atoms with Crippen molar-refractivity contribution in [3.63, 3.8) is 0 Å². The van der Waals surface area contributed by atoms with Crippen LogP contribution in [-0.4, -0.2) is 18.1 Å². The molecule has 1 aromatic rings. The Morgan fingerprint density at radius 1 is 1.36 bits per heavy atom. The molecule has 2 nitrogen and oxygen atoms in total. The normalized spacial score (nSPS) is 17.9. The predicted molar refractivity (Wildman–Crippen MR) is 66.9 cm³/mol. The highest BCUT2D eigenvalue weighted by Gasteiger charge is 2.13. The second-order valence-corrected chi connectivity index (χ2v) is 4.68. The average Bonchev–Trinajstić information content (AvgIpc) is 2.68. The number of thiazole rings is 1. The van der Waals surface area contributed by atoms with Crippen molar-refractivity contribution in [2.24, 2.45) is 0 Å². The molecule has 2 rings (SSSR count). The van der Waals surface area contributed by atoms with Gasteiger partial charge >= 0.3 is 0 Å². The van der Waals surface area contributed by atoms with Crippen LogP contribution in [0, 0.1) is 0 Å². The fraction of sp³-hybridized carbons (Fsp3) is 0.500. The number of piperidine rings is 1. The molecule has 1 saturated heterocycles. The van der Waals surface area contributed by atoms with Gasteiger partial charge in [0, 0.05) is 18.5 Å². The van der Waals surface area contributed by atoms with E-state index in [-0.39, 0.29) is 0 Å². The number of hydrogen-bond acceptors (Lipinski definition) is 3. The van der Waals surface area contributed by atoms with E-state index >= 15 is 0 Å². The number of rotatable bonds is 2. The first kappa shape index (κ1) is 10.1. The summed E-state index contributed by atoms with van der Waals surface area (Å²) >= 11 is 1.75. The van der Waals surface area contributed by atoms with Gasteiger partial charge in [-0.15, -0.1) is 20.6 Å². The summed E-state index contributed by atoms with van der Waals surface area (Å²) in [7, 11) is 2.58. The second kappa shape index (κ2) is 4.90. The van der Waals surface area contributed by atoms with Gasteiger partial charge in [-0.3, -0.25) is 0 Å². The van der Waals surface area contributed by atoms with Gasteiger partial charge < -0.3 is 4.90 Å². The number of nitrogens with zero attached hydrogens (tertiary/aromatic N) is 2. The molecule has 0 saturated carbocycles. The van der Waals surface area contributed by atoms with E-state index < -0.39 is 0 Å². The van der Waals surface area contributed by atoms with Gasteiger partial charge in [-0.1, -0.05) is 5.82 Å². The van der Waals surface area contributed by atoms with E-state index in [0.717, 1.165) is 5.69 Å².